The van der Waals surface area contributed by atoms with Crippen molar-refractivity contribution in [2.24, 2.45) is 5.73 Å². The highest BCUT2D eigenvalue weighted by atomic mass is 19.1. The molecule has 1 aromatic carbocycles. The van der Waals surface area contributed by atoms with Crippen molar-refractivity contribution in [1.82, 2.24) is 4.98 Å². The van der Waals surface area contributed by atoms with E-state index in [0.717, 1.165) is 12.3 Å². The minimum absolute atomic E-state index is 0.236. The largest absolute Gasteiger partial charge is 0.366 e. The van der Waals surface area contributed by atoms with Crippen molar-refractivity contribution in [1.29, 1.82) is 0 Å². The lowest BCUT2D eigenvalue weighted by atomic mass is 10.2. The maximum absolute atomic E-state index is 12.6. The molecule has 0 aliphatic heterocycles. The summed E-state index contributed by atoms with van der Waals surface area (Å²) in [6, 6.07) is 8.53. The SMILES string of the molecule is NC(=O)c1ccc(NC(=O)c2ccc(F)nc2)cc1. The van der Waals surface area contributed by atoms with Crippen LogP contribution in [0.5, 0.6) is 0 Å². The molecule has 2 aromatic rings. The van der Waals surface area contributed by atoms with Crippen molar-refractivity contribution >= 4 is 17.5 Å². The molecule has 2 amide bonds. The third-order valence-corrected chi connectivity index (χ3v) is 2.42. The van der Waals surface area contributed by atoms with Crippen LogP contribution in [-0.2, 0) is 0 Å². The molecule has 6 heteroatoms. The van der Waals surface area contributed by atoms with E-state index >= 15 is 0 Å². The van der Waals surface area contributed by atoms with Crippen molar-refractivity contribution in [3.63, 3.8) is 0 Å². The number of benzene rings is 1. The van der Waals surface area contributed by atoms with Crippen LogP contribution >= 0.6 is 0 Å². The molecule has 1 aromatic heterocycles. The Labute approximate surface area is 108 Å². The van der Waals surface area contributed by atoms with Gasteiger partial charge in [0.15, 0.2) is 0 Å². The van der Waals surface area contributed by atoms with Gasteiger partial charge in [-0.2, -0.15) is 4.39 Å². The summed E-state index contributed by atoms with van der Waals surface area (Å²) in [7, 11) is 0. The molecule has 0 unspecified atom stereocenters. The molecule has 0 saturated carbocycles. The van der Waals surface area contributed by atoms with Crippen LogP contribution in [0.2, 0.25) is 0 Å². The fraction of sp³-hybridized carbons (Fsp3) is 0. The zero-order valence-corrected chi connectivity index (χ0v) is 9.76. The van der Waals surface area contributed by atoms with Gasteiger partial charge in [0.1, 0.15) is 0 Å². The molecule has 0 spiro atoms. The smallest absolute Gasteiger partial charge is 0.257 e. The predicted molar refractivity (Wildman–Crippen MR) is 67.1 cm³/mol. The Hall–Kier alpha value is -2.76. The van der Waals surface area contributed by atoms with E-state index in [0.29, 0.717) is 11.3 Å². The van der Waals surface area contributed by atoms with Crippen molar-refractivity contribution in [2.45, 2.75) is 0 Å². The number of anilines is 1. The van der Waals surface area contributed by atoms with Crippen LogP contribution < -0.4 is 11.1 Å². The Kier molecular flexibility index (Phi) is 3.51. The molecule has 2 rings (SSSR count). The van der Waals surface area contributed by atoms with Gasteiger partial charge < -0.3 is 11.1 Å². The van der Waals surface area contributed by atoms with Crippen LogP contribution in [0, 0.1) is 5.95 Å². The Morgan fingerprint density at radius 3 is 2.21 bits per heavy atom. The highest BCUT2D eigenvalue weighted by Gasteiger charge is 2.07. The first-order valence-corrected chi connectivity index (χ1v) is 5.39. The number of nitrogens with two attached hydrogens (primary N) is 1. The highest BCUT2D eigenvalue weighted by Crippen LogP contribution is 2.11. The Morgan fingerprint density at radius 2 is 1.68 bits per heavy atom. The van der Waals surface area contributed by atoms with Crippen LogP contribution in [0.4, 0.5) is 10.1 Å². The van der Waals surface area contributed by atoms with E-state index < -0.39 is 17.8 Å². The topological polar surface area (TPSA) is 85.1 Å². The average Bonchev–Trinajstić information content (AvgIpc) is 2.40. The Balaban J connectivity index is 2.10. The molecule has 0 atom stereocenters. The summed E-state index contributed by atoms with van der Waals surface area (Å²) in [6.45, 7) is 0. The molecule has 19 heavy (non-hydrogen) atoms. The summed E-state index contributed by atoms with van der Waals surface area (Å²) in [5.41, 5.74) is 6.18. The lowest BCUT2D eigenvalue weighted by molar-refractivity contribution is 0.0998. The third-order valence-electron chi connectivity index (χ3n) is 2.42. The first kappa shape index (κ1) is 12.7. The maximum atomic E-state index is 12.6. The molecule has 0 radical (unpaired) electrons. The number of hydrogen-bond acceptors (Lipinski definition) is 3. The summed E-state index contributed by atoms with van der Waals surface area (Å²) in [5.74, 6) is -1.61. The fourth-order valence-electron chi connectivity index (χ4n) is 1.43. The average molecular weight is 259 g/mol. The van der Waals surface area contributed by atoms with Gasteiger partial charge in [-0.15, -0.1) is 0 Å². The molecule has 0 aliphatic rings. The molecular formula is C13H10FN3O2. The molecule has 3 N–H and O–H groups in total. The second-order valence-corrected chi connectivity index (χ2v) is 3.77. The molecule has 0 aliphatic carbocycles. The minimum Gasteiger partial charge on any atom is -0.366 e. The number of amides is 2. The number of aromatic nitrogens is 1. The Morgan fingerprint density at radius 1 is 1.05 bits per heavy atom. The van der Waals surface area contributed by atoms with Crippen molar-refractivity contribution < 1.29 is 14.0 Å². The molecular weight excluding hydrogens is 249 g/mol. The van der Waals surface area contributed by atoms with Crippen LogP contribution in [0.1, 0.15) is 20.7 Å². The van der Waals surface area contributed by atoms with Crippen LogP contribution in [0.25, 0.3) is 0 Å². The van der Waals surface area contributed by atoms with E-state index in [9.17, 15) is 14.0 Å². The number of pyridine rings is 1. The molecule has 1 heterocycles. The van der Waals surface area contributed by atoms with Gasteiger partial charge in [-0.3, -0.25) is 9.59 Å². The number of nitrogens with one attached hydrogen (secondary N) is 1. The van der Waals surface area contributed by atoms with Gasteiger partial charge >= 0.3 is 0 Å². The molecule has 96 valence electrons. The van der Waals surface area contributed by atoms with Crippen molar-refractivity contribution in [3.05, 3.63) is 59.7 Å². The normalized spacial score (nSPS) is 9.95. The molecule has 5 nitrogen and oxygen atoms in total. The number of primary amides is 1. The Bertz CT molecular complexity index is 609. The number of hydrogen-bond donors (Lipinski definition) is 2. The maximum Gasteiger partial charge on any atom is 0.257 e. The molecule has 0 fully saturated rings. The van der Waals surface area contributed by atoms with E-state index in [-0.39, 0.29) is 5.56 Å². The zero-order valence-electron chi connectivity index (χ0n) is 9.76. The van der Waals surface area contributed by atoms with E-state index in [2.05, 4.69) is 10.3 Å². The third kappa shape index (κ3) is 3.12. The summed E-state index contributed by atoms with van der Waals surface area (Å²) in [4.78, 5) is 26.0. The zero-order chi connectivity index (χ0) is 13.8. The van der Waals surface area contributed by atoms with Gasteiger partial charge in [-0.1, -0.05) is 0 Å². The number of halogens is 1. The van der Waals surface area contributed by atoms with Crippen LogP contribution in [0.15, 0.2) is 42.6 Å². The van der Waals surface area contributed by atoms with Gasteiger partial charge in [-0.25, -0.2) is 4.98 Å². The number of rotatable bonds is 3. The second kappa shape index (κ2) is 5.26. The monoisotopic (exact) mass is 259 g/mol. The van der Waals surface area contributed by atoms with E-state index in [4.69, 9.17) is 5.73 Å². The standard InChI is InChI=1S/C13H10FN3O2/c14-11-6-3-9(7-16-11)13(19)17-10-4-1-8(2-5-10)12(15)18/h1-7H,(H2,15,18)(H,17,19). The van der Waals surface area contributed by atoms with E-state index in [1.165, 1.54) is 18.2 Å². The predicted octanol–water partition coefficient (Wildman–Crippen LogP) is 1.57. The lowest BCUT2D eigenvalue weighted by Gasteiger charge is -2.05. The van der Waals surface area contributed by atoms with E-state index in [1.54, 1.807) is 12.1 Å². The van der Waals surface area contributed by atoms with Gasteiger partial charge in [0.25, 0.3) is 5.91 Å². The van der Waals surface area contributed by atoms with Gasteiger partial charge in [0, 0.05) is 17.4 Å². The molecule has 0 saturated heterocycles. The first-order valence-electron chi connectivity index (χ1n) is 5.39. The van der Waals surface area contributed by atoms with Gasteiger partial charge in [0.2, 0.25) is 11.9 Å². The second-order valence-electron chi connectivity index (χ2n) is 3.77. The quantitative estimate of drug-likeness (QED) is 0.820. The summed E-state index contributed by atoms with van der Waals surface area (Å²) in [6.07, 6.45) is 1.14. The van der Waals surface area contributed by atoms with Crippen LogP contribution in [0.3, 0.4) is 0 Å². The van der Waals surface area contributed by atoms with Gasteiger partial charge in [0.05, 0.1) is 5.56 Å². The molecule has 0 bridgehead atoms. The summed E-state index contributed by atoms with van der Waals surface area (Å²) >= 11 is 0. The summed E-state index contributed by atoms with van der Waals surface area (Å²) < 4.78 is 12.6. The highest BCUT2D eigenvalue weighted by molar-refractivity contribution is 6.04. The summed E-state index contributed by atoms with van der Waals surface area (Å²) in [5, 5.41) is 2.59. The lowest BCUT2D eigenvalue weighted by Crippen LogP contribution is -2.13. The van der Waals surface area contributed by atoms with E-state index in [1.807, 2.05) is 0 Å². The van der Waals surface area contributed by atoms with Crippen molar-refractivity contribution in [2.75, 3.05) is 5.32 Å². The van der Waals surface area contributed by atoms with Crippen molar-refractivity contribution in [3.8, 4) is 0 Å². The fourth-order valence-corrected chi connectivity index (χ4v) is 1.43. The number of carbonyl (C=O) groups is 2. The van der Waals surface area contributed by atoms with Gasteiger partial charge in [-0.05, 0) is 36.4 Å². The minimum atomic E-state index is -0.651. The number of carbonyl (C=O) groups excluding carboxylic acids is 2. The number of nitrogens with zero attached hydrogens (tertiary/aromatic N) is 1. The van der Waals surface area contributed by atoms with Crippen LogP contribution in [-0.4, -0.2) is 16.8 Å². The first-order chi connectivity index (χ1) is 9.06.